The van der Waals surface area contributed by atoms with E-state index in [0.29, 0.717) is 12.8 Å². The van der Waals surface area contributed by atoms with Crippen molar-refractivity contribution >= 4 is 25.7 Å². The molecule has 0 radical (unpaired) electrons. The van der Waals surface area contributed by atoms with Crippen LogP contribution in [0.2, 0.25) is 0 Å². The van der Waals surface area contributed by atoms with Crippen molar-refractivity contribution in [1.82, 2.24) is 5.32 Å². The Labute approximate surface area is 309 Å². The second-order valence-corrected chi connectivity index (χ2v) is 14.9. The predicted octanol–water partition coefficient (Wildman–Crippen LogP) is 9.50. The number of esters is 1. The maximum absolute atomic E-state index is 12.2. The zero-order valence-electron chi connectivity index (χ0n) is 31.9. The van der Waals surface area contributed by atoms with Gasteiger partial charge in [-0.2, -0.15) is 0 Å². The summed E-state index contributed by atoms with van der Waals surface area (Å²) in [6.45, 7) is 2.52. The molecular formula is C39H72NO10P. The molecule has 0 rings (SSSR count). The smallest absolute Gasteiger partial charge is 0.472 e. The molecule has 0 bridgehead atoms. The van der Waals surface area contributed by atoms with Crippen LogP contribution < -0.4 is 5.32 Å². The number of hydrogen-bond acceptors (Lipinski definition) is 8. The second kappa shape index (κ2) is 35.0. The number of unbranched alkanes of at least 4 members (excludes halogenated alkanes) is 19. The Kier molecular flexibility index (Phi) is 33.6. The number of amides is 1. The molecule has 0 aliphatic rings. The first kappa shape index (κ1) is 49.0. The van der Waals surface area contributed by atoms with Crippen LogP contribution in [0.15, 0.2) is 24.3 Å². The molecule has 0 heterocycles. The molecular weight excluding hydrogens is 673 g/mol. The van der Waals surface area contributed by atoms with Crippen molar-refractivity contribution in [3.63, 3.8) is 0 Å². The van der Waals surface area contributed by atoms with Crippen molar-refractivity contribution in [2.24, 2.45) is 0 Å². The van der Waals surface area contributed by atoms with Gasteiger partial charge in [0.05, 0.1) is 13.2 Å². The van der Waals surface area contributed by atoms with Crippen molar-refractivity contribution in [3.8, 4) is 0 Å². The highest BCUT2D eigenvalue weighted by atomic mass is 31.2. The van der Waals surface area contributed by atoms with E-state index in [2.05, 4.69) is 43.5 Å². The Hall–Kier alpha value is -2.04. The molecule has 3 atom stereocenters. The van der Waals surface area contributed by atoms with E-state index in [1.807, 2.05) is 0 Å². The minimum atomic E-state index is -4.75. The van der Waals surface area contributed by atoms with Gasteiger partial charge in [-0.1, -0.05) is 141 Å². The van der Waals surface area contributed by atoms with Crippen molar-refractivity contribution in [2.45, 2.75) is 187 Å². The maximum atomic E-state index is 12.2. The van der Waals surface area contributed by atoms with E-state index >= 15 is 0 Å². The highest BCUT2D eigenvalue weighted by molar-refractivity contribution is 7.47. The Bertz CT molecular complexity index is 974. The standard InChI is InChI=1S/C39H72NO10P/c1-3-5-7-9-11-13-14-15-16-17-18-19-20-21-23-25-27-29-31-38(43)48-32-35(41)33-49-51(46,47)50-34-36(39(44)45)40-37(42)30-28-26-24-22-12-10-8-6-4-2/h13-14,16-17,35-36,41H,3-12,15,18-34H2,1-2H3,(H,40,42)(H,44,45)(H,46,47)/b14-13-,17-16-. The normalized spacial score (nSPS) is 14.1. The number of carbonyl (C=O) groups is 3. The van der Waals surface area contributed by atoms with Gasteiger partial charge >= 0.3 is 19.8 Å². The average molecular weight is 746 g/mol. The van der Waals surface area contributed by atoms with E-state index in [1.165, 1.54) is 83.5 Å². The largest absolute Gasteiger partial charge is 0.480 e. The van der Waals surface area contributed by atoms with Crippen molar-refractivity contribution < 1.29 is 47.8 Å². The van der Waals surface area contributed by atoms with Crippen LogP contribution in [0.5, 0.6) is 0 Å². The first-order chi connectivity index (χ1) is 24.6. The van der Waals surface area contributed by atoms with Gasteiger partial charge in [0.1, 0.15) is 12.7 Å². The Morgan fingerprint density at radius 2 is 1.08 bits per heavy atom. The third-order valence-corrected chi connectivity index (χ3v) is 9.44. The summed E-state index contributed by atoms with van der Waals surface area (Å²) in [4.78, 5) is 45.6. The number of carbonyl (C=O) groups excluding carboxylic acids is 2. The van der Waals surface area contributed by atoms with Crippen LogP contribution in [-0.4, -0.2) is 64.9 Å². The Balaban J connectivity index is 3.90. The lowest BCUT2D eigenvalue weighted by Crippen LogP contribution is -2.43. The van der Waals surface area contributed by atoms with E-state index in [9.17, 15) is 34.1 Å². The van der Waals surface area contributed by atoms with Crippen LogP contribution in [0.1, 0.15) is 174 Å². The molecule has 0 saturated carbocycles. The number of carboxylic acids is 1. The highest BCUT2D eigenvalue weighted by Gasteiger charge is 2.28. The van der Waals surface area contributed by atoms with E-state index in [0.717, 1.165) is 51.4 Å². The minimum absolute atomic E-state index is 0.147. The third-order valence-electron chi connectivity index (χ3n) is 8.49. The molecule has 3 unspecified atom stereocenters. The van der Waals surface area contributed by atoms with Gasteiger partial charge in [0.25, 0.3) is 0 Å². The van der Waals surface area contributed by atoms with Gasteiger partial charge in [-0.15, -0.1) is 0 Å². The summed E-state index contributed by atoms with van der Waals surface area (Å²) in [5, 5.41) is 21.7. The van der Waals surface area contributed by atoms with Gasteiger partial charge < -0.3 is 25.2 Å². The number of aliphatic hydroxyl groups is 1. The lowest BCUT2D eigenvalue weighted by molar-refractivity contribution is -0.147. The van der Waals surface area contributed by atoms with Crippen LogP contribution in [0, 0.1) is 0 Å². The molecule has 11 nitrogen and oxygen atoms in total. The quantitative estimate of drug-likeness (QED) is 0.0208. The lowest BCUT2D eigenvalue weighted by atomic mass is 10.1. The number of phosphoric ester groups is 1. The van der Waals surface area contributed by atoms with E-state index < -0.39 is 57.6 Å². The van der Waals surface area contributed by atoms with Crippen molar-refractivity contribution in [3.05, 3.63) is 24.3 Å². The van der Waals surface area contributed by atoms with Gasteiger partial charge in [0, 0.05) is 12.8 Å². The molecule has 0 aromatic carbocycles. The Morgan fingerprint density at radius 3 is 1.61 bits per heavy atom. The SMILES string of the molecule is CCCCCC/C=C\C/C=C\CCCCCCCCCC(=O)OCC(O)COP(=O)(O)OCC(NC(=O)CCCCCCCCCCC)C(=O)O. The van der Waals surface area contributed by atoms with Gasteiger partial charge in [0.2, 0.25) is 5.91 Å². The zero-order chi connectivity index (χ0) is 37.8. The number of carboxylic acid groups (broad SMARTS) is 1. The fourth-order valence-corrected chi connectivity index (χ4v) is 6.12. The molecule has 0 aromatic heterocycles. The summed E-state index contributed by atoms with van der Waals surface area (Å²) < 4.78 is 26.7. The van der Waals surface area contributed by atoms with Gasteiger partial charge in [-0.05, 0) is 44.9 Å². The molecule has 0 fully saturated rings. The molecule has 1 amide bonds. The maximum Gasteiger partial charge on any atom is 0.472 e. The lowest BCUT2D eigenvalue weighted by Gasteiger charge is -2.18. The number of ether oxygens (including phenoxy) is 1. The topological polar surface area (TPSA) is 169 Å². The zero-order valence-corrected chi connectivity index (χ0v) is 32.8. The average Bonchev–Trinajstić information content (AvgIpc) is 3.10. The summed E-state index contributed by atoms with van der Waals surface area (Å²) >= 11 is 0. The second-order valence-electron chi connectivity index (χ2n) is 13.5. The first-order valence-corrected chi connectivity index (χ1v) is 21.4. The molecule has 0 aliphatic heterocycles. The third kappa shape index (κ3) is 34.8. The van der Waals surface area contributed by atoms with E-state index in [-0.39, 0.29) is 12.8 Å². The molecule has 0 aromatic rings. The number of aliphatic hydroxyl groups excluding tert-OH is 1. The van der Waals surface area contributed by atoms with E-state index in [4.69, 9.17) is 13.8 Å². The van der Waals surface area contributed by atoms with Crippen molar-refractivity contribution in [2.75, 3.05) is 19.8 Å². The summed E-state index contributed by atoms with van der Waals surface area (Å²) in [5.74, 6) is -2.38. The molecule has 51 heavy (non-hydrogen) atoms. The summed E-state index contributed by atoms with van der Waals surface area (Å²) in [5.41, 5.74) is 0. The molecule has 298 valence electrons. The molecule has 4 N–H and O–H groups in total. The molecule has 0 spiro atoms. The summed E-state index contributed by atoms with van der Waals surface area (Å²) in [6.07, 6.45) is 33.6. The predicted molar refractivity (Wildman–Crippen MR) is 203 cm³/mol. The number of rotatable bonds is 37. The minimum Gasteiger partial charge on any atom is -0.480 e. The molecule has 0 saturated heterocycles. The van der Waals surface area contributed by atoms with Crippen LogP contribution >= 0.6 is 7.82 Å². The summed E-state index contributed by atoms with van der Waals surface area (Å²) in [6, 6.07) is -1.54. The highest BCUT2D eigenvalue weighted by Crippen LogP contribution is 2.43. The van der Waals surface area contributed by atoms with Gasteiger partial charge in [-0.3, -0.25) is 18.6 Å². The van der Waals surface area contributed by atoms with Gasteiger partial charge in [0.15, 0.2) is 6.04 Å². The van der Waals surface area contributed by atoms with Crippen LogP contribution in [0.25, 0.3) is 0 Å². The number of nitrogens with one attached hydrogen (secondary N) is 1. The Morgan fingerprint density at radius 1 is 0.627 bits per heavy atom. The van der Waals surface area contributed by atoms with Crippen LogP contribution in [0.3, 0.4) is 0 Å². The molecule has 0 aliphatic carbocycles. The fraction of sp³-hybridized carbons (Fsp3) is 0.821. The number of aliphatic carboxylic acids is 1. The fourth-order valence-electron chi connectivity index (χ4n) is 5.34. The summed E-state index contributed by atoms with van der Waals surface area (Å²) in [7, 11) is -4.75. The number of hydrogen-bond donors (Lipinski definition) is 4. The number of allylic oxidation sites excluding steroid dienone is 4. The molecule has 12 heteroatoms. The van der Waals surface area contributed by atoms with Crippen molar-refractivity contribution in [1.29, 1.82) is 0 Å². The number of phosphoric acid groups is 1. The monoisotopic (exact) mass is 745 g/mol. The van der Waals surface area contributed by atoms with Crippen LogP contribution in [-0.2, 0) is 32.7 Å². The first-order valence-electron chi connectivity index (χ1n) is 19.9. The van der Waals surface area contributed by atoms with E-state index in [1.54, 1.807) is 0 Å². The van der Waals surface area contributed by atoms with Crippen LogP contribution in [0.4, 0.5) is 0 Å². The van der Waals surface area contributed by atoms with Gasteiger partial charge in [-0.25, -0.2) is 9.36 Å².